The molecule has 84 valence electrons. The molecular formula is C12H13BrN2O. The first-order valence-corrected chi connectivity index (χ1v) is 5.91. The lowest BCUT2D eigenvalue weighted by molar-refractivity contribution is 0.570. The zero-order valence-corrected chi connectivity index (χ0v) is 10.6. The second-order valence-corrected chi connectivity index (χ2v) is 4.64. The van der Waals surface area contributed by atoms with Gasteiger partial charge < -0.3 is 10.2 Å². The number of nitrogens with zero attached hydrogens (tertiary/aromatic N) is 1. The summed E-state index contributed by atoms with van der Waals surface area (Å²) in [6, 6.07) is 7.86. The number of halogens is 1. The highest BCUT2D eigenvalue weighted by Crippen LogP contribution is 2.23. The third kappa shape index (κ3) is 2.33. The molecule has 0 amide bonds. The van der Waals surface area contributed by atoms with Gasteiger partial charge in [-0.1, -0.05) is 22.9 Å². The summed E-state index contributed by atoms with van der Waals surface area (Å²) in [7, 11) is 0. The van der Waals surface area contributed by atoms with Crippen LogP contribution < -0.4 is 5.73 Å². The molecular weight excluding hydrogens is 268 g/mol. The Bertz CT molecular complexity index is 464. The predicted molar refractivity (Wildman–Crippen MR) is 67.1 cm³/mol. The van der Waals surface area contributed by atoms with Crippen molar-refractivity contribution in [3.8, 4) is 11.5 Å². The minimum absolute atomic E-state index is 0.230. The monoisotopic (exact) mass is 280 g/mol. The van der Waals surface area contributed by atoms with Gasteiger partial charge in [0.2, 0.25) is 5.89 Å². The molecule has 1 aromatic heterocycles. The number of benzene rings is 1. The van der Waals surface area contributed by atoms with E-state index >= 15 is 0 Å². The maximum atomic E-state index is 5.58. The fourth-order valence-corrected chi connectivity index (χ4v) is 1.62. The zero-order chi connectivity index (χ0) is 11.5. The Labute approximate surface area is 103 Å². The van der Waals surface area contributed by atoms with Gasteiger partial charge in [0.15, 0.2) is 0 Å². The number of hydrogen-bond acceptors (Lipinski definition) is 3. The number of hydrogen-bond donors (Lipinski definition) is 1. The third-order valence-electron chi connectivity index (χ3n) is 2.47. The van der Waals surface area contributed by atoms with Gasteiger partial charge in [-0.05, 0) is 24.3 Å². The summed E-state index contributed by atoms with van der Waals surface area (Å²) in [5.41, 5.74) is 7.46. The van der Waals surface area contributed by atoms with Gasteiger partial charge in [-0.2, -0.15) is 0 Å². The van der Waals surface area contributed by atoms with Crippen LogP contribution in [0.4, 0.5) is 0 Å². The molecule has 2 aromatic rings. The van der Waals surface area contributed by atoms with Gasteiger partial charge in [0, 0.05) is 22.5 Å². The van der Waals surface area contributed by atoms with E-state index in [2.05, 4.69) is 20.9 Å². The molecule has 0 aliphatic carbocycles. The maximum Gasteiger partial charge on any atom is 0.226 e. The number of nitrogens with two attached hydrogens (primary N) is 1. The molecule has 0 aliphatic rings. The van der Waals surface area contributed by atoms with E-state index in [4.69, 9.17) is 10.2 Å². The van der Waals surface area contributed by atoms with Crippen LogP contribution in [0.2, 0.25) is 0 Å². The Morgan fingerprint density at radius 3 is 2.69 bits per heavy atom. The zero-order valence-electron chi connectivity index (χ0n) is 8.98. The SMILES string of the molecule is CC(CN)c1coc(-c2ccc(Br)cc2)n1. The highest BCUT2D eigenvalue weighted by Gasteiger charge is 2.11. The first-order chi connectivity index (χ1) is 7.70. The number of oxazole rings is 1. The van der Waals surface area contributed by atoms with Crippen molar-refractivity contribution in [2.24, 2.45) is 5.73 Å². The number of rotatable bonds is 3. The van der Waals surface area contributed by atoms with Crippen LogP contribution in [0.5, 0.6) is 0 Å². The lowest BCUT2D eigenvalue weighted by atomic mass is 10.1. The summed E-state index contributed by atoms with van der Waals surface area (Å²) in [5, 5.41) is 0. The standard InChI is InChI=1S/C12H13BrN2O/c1-8(6-14)11-7-16-12(15-11)9-2-4-10(13)5-3-9/h2-5,7-8H,6,14H2,1H3. The van der Waals surface area contributed by atoms with Crippen molar-refractivity contribution in [2.45, 2.75) is 12.8 Å². The smallest absolute Gasteiger partial charge is 0.226 e. The van der Waals surface area contributed by atoms with E-state index in [0.29, 0.717) is 12.4 Å². The lowest BCUT2D eigenvalue weighted by Gasteiger charge is -2.01. The molecule has 3 nitrogen and oxygen atoms in total. The number of aromatic nitrogens is 1. The second kappa shape index (κ2) is 4.80. The molecule has 0 saturated heterocycles. The lowest BCUT2D eigenvalue weighted by Crippen LogP contribution is -2.08. The molecule has 4 heteroatoms. The van der Waals surface area contributed by atoms with E-state index in [9.17, 15) is 0 Å². The van der Waals surface area contributed by atoms with Crippen molar-refractivity contribution in [1.82, 2.24) is 4.98 Å². The molecule has 1 unspecified atom stereocenters. The average Bonchev–Trinajstić information content (AvgIpc) is 2.78. The van der Waals surface area contributed by atoms with Crippen LogP contribution >= 0.6 is 15.9 Å². The van der Waals surface area contributed by atoms with Crippen molar-refractivity contribution < 1.29 is 4.42 Å². The van der Waals surface area contributed by atoms with Gasteiger partial charge in [0.05, 0.1) is 5.69 Å². The van der Waals surface area contributed by atoms with Crippen LogP contribution in [-0.4, -0.2) is 11.5 Å². The summed E-state index contributed by atoms with van der Waals surface area (Å²) in [6.07, 6.45) is 1.68. The Balaban J connectivity index is 2.28. The first kappa shape index (κ1) is 11.4. The van der Waals surface area contributed by atoms with Crippen molar-refractivity contribution in [2.75, 3.05) is 6.54 Å². The molecule has 2 N–H and O–H groups in total. The molecule has 0 aliphatic heterocycles. The molecule has 1 heterocycles. The van der Waals surface area contributed by atoms with Crippen molar-refractivity contribution >= 4 is 15.9 Å². The molecule has 0 saturated carbocycles. The van der Waals surface area contributed by atoms with Gasteiger partial charge >= 0.3 is 0 Å². The van der Waals surface area contributed by atoms with E-state index < -0.39 is 0 Å². The van der Waals surface area contributed by atoms with Gasteiger partial charge in [-0.25, -0.2) is 4.98 Å². The summed E-state index contributed by atoms with van der Waals surface area (Å²) in [4.78, 5) is 4.42. The molecule has 16 heavy (non-hydrogen) atoms. The van der Waals surface area contributed by atoms with Gasteiger partial charge in [0.25, 0.3) is 0 Å². The quantitative estimate of drug-likeness (QED) is 0.940. The van der Waals surface area contributed by atoms with Crippen molar-refractivity contribution in [3.63, 3.8) is 0 Å². The van der Waals surface area contributed by atoms with E-state index in [-0.39, 0.29) is 5.92 Å². The average molecular weight is 281 g/mol. The molecule has 0 bridgehead atoms. The molecule has 0 fully saturated rings. The highest BCUT2D eigenvalue weighted by atomic mass is 79.9. The fraction of sp³-hybridized carbons (Fsp3) is 0.250. The van der Waals surface area contributed by atoms with Gasteiger partial charge in [-0.3, -0.25) is 0 Å². The molecule has 1 atom stereocenters. The fourth-order valence-electron chi connectivity index (χ4n) is 1.36. The Morgan fingerprint density at radius 1 is 1.38 bits per heavy atom. The summed E-state index contributed by atoms with van der Waals surface area (Å²) in [5.74, 6) is 0.871. The maximum absolute atomic E-state index is 5.58. The summed E-state index contributed by atoms with van der Waals surface area (Å²) >= 11 is 3.39. The minimum Gasteiger partial charge on any atom is -0.444 e. The molecule has 2 rings (SSSR count). The highest BCUT2D eigenvalue weighted by molar-refractivity contribution is 9.10. The van der Waals surface area contributed by atoms with Crippen molar-refractivity contribution in [3.05, 3.63) is 40.7 Å². The first-order valence-electron chi connectivity index (χ1n) is 5.12. The Hall–Kier alpha value is -1.13. The predicted octanol–water partition coefficient (Wildman–Crippen LogP) is 3.17. The molecule has 0 spiro atoms. The summed E-state index contributed by atoms with van der Waals surface area (Å²) < 4.78 is 6.47. The van der Waals surface area contributed by atoms with Crippen LogP contribution in [0.1, 0.15) is 18.5 Å². The van der Waals surface area contributed by atoms with Crippen LogP contribution in [0.15, 0.2) is 39.4 Å². The van der Waals surface area contributed by atoms with E-state index in [1.54, 1.807) is 6.26 Å². The Kier molecular flexibility index (Phi) is 3.41. The van der Waals surface area contributed by atoms with Crippen LogP contribution in [0.25, 0.3) is 11.5 Å². The second-order valence-electron chi connectivity index (χ2n) is 3.72. The third-order valence-corrected chi connectivity index (χ3v) is 3.00. The topological polar surface area (TPSA) is 52.0 Å². The Morgan fingerprint density at radius 2 is 2.06 bits per heavy atom. The van der Waals surface area contributed by atoms with Gasteiger partial charge in [0.1, 0.15) is 6.26 Å². The van der Waals surface area contributed by atoms with Gasteiger partial charge in [-0.15, -0.1) is 0 Å². The molecule has 0 radical (unpaired) electrons. The van der Waals surface area contributed by atoms with Crippen LogP contribution in [0, 0.1) is 0 Å². The normalized spacial score (nSPS) is 12.7. The van der Waals surface area contributed by atoms with E-state index in [1.165, 1.54) is 0 Å². The summed E-state index contributed by atoms with van der Waals surface area (Å²) in [6.45, 7) is 2.61. The van der Waals surface area contributed by atoms with E-state index in [1.807, 2.05) is 31.2 Å². The largest absolute Gasteiger partial charge is 0.444 e. The molecule has 1 aromatic carbocycles. The van der Waals surface area contributed by atoms with Crippen LogP contribution in [-0.2, 0) is 0 Å². The van der Waals surface area contributed by atoms with Crippen molar-refractivity contribution in [1.29, 1.82) is 0 Å². The minimum atomic E-state index is 0.230. The van der Waals surface area contributed by atoms with E-state index in [0.717, 1.165) is 15.7 Å². The van der Waals surface area contributed by atoms with Crippen LogP contribution in [0.3, 0.4) is 0 Å².